The summed E-state index contributed by atoms with van der Waals surface area (Å²) in [5.41, 5.74) is 5.34. The van der Waals surface area contributed by atoms with Crippen molar-refractivity contribution >= 4 is 17.7 Å². The molecule has 0 radical (unpaired) electrons. The maximum atomic E-state index is 11.4. The molecule has 0 amide bonds. The number of carboxylic acids is 1. The number of carboxylic acid groups (broad SMARTS) is 1. The summed E-state index contributed by atoms with van der Waals surface area (Å²) >= 11 is 1.54. The first-order chi connectivity index (χ1) is 8.61. The third kappa shape index (κ3) is 4.01. The molecule has 1 rings (SSSR count). The number of benzene rings is 1. The topological polar surface area (TPSA) is 72.5 Å². The molecule has 0 saturated carbocycles. The van der Waals surface area contributed by atoms with Gasteiger partial charge in [0.25, 0.3) is 0 Å². The summed E-state index contributed by atoms with van der Waals surface area (Å²) in [6.45, 7) is 0.684. The van der Waals surface area contributed by atoms with Crippen LogP contribution in [0.3, 0.4) is 0 Å². The monoisotopic (exact) mass is 269 g/mol. The Bertz CT molecular complexity index is 372. The number of ether oxygens (including phenoxy) is 1. The molecule has 1 atom stereocenters. The fourth-order valence-electron chi connectivity index (χ4n) is 1.54. The van der Waals surface area contributed by atoms with Gasteiger partial charge in [-0.2, -0.15) is 11.8 Å². The van der Waals surface area contributed by atoms with Crippen LogP contribution in [0.25, 0.3) is 0 Å². The van der Waals surface area contributed by atoms with Gasteiger partial charge in [-0.25, -0.2) is 4.79 Å². The first-order valence-electron chi connectivity index (χ1n) is 5.75. The molecule has 0 aliphatic rings. The largest absolute Gasteiger partial charge is 0.480 e. The third-order valence-electron chi connectivity index (χ3n) is 2.64. The molecule has 1 aromatic rings. The number of rotatable bonds is 8. The summed E-state index contributed by atoms with van der Waals surface area (Å²) in [7, 11) is 1.65. The number of thioether (sulfide) groups is 1. The molecular weight excluding hydrogens is 250 g/mol. The van der Waals surface area contributed by atoms with Crippen molar-refractivity contribution in [2.75, 3.05) is 25.2 Å². The SMILES string of the molecule is COCCCSCC(N)(C(=O)O)c1ccccc1. The number of nitrogens with two attached hydrogens (primary N) is 1. The van der Waals surface area contributed by atoms with Crippen LogP contribution in [0.5, 0.6) is 0 Å². The van der Waals surface area contributed by atoms with Crippen LogP contribution in [-0.2, 0) is 15.1 Å². The van der Waals surface area contributed by atoms with Gasteiger partial charge in [-0.15, -0.1) is 0 Å². The first kappa shape index (κ1) is 15.0. The van der Waals surface area contributed by atoms with Crippen LogP contribution < -0.4 is 5.73 Å². The van der Waals surface area contributed by atoms with E-state index >= 15 is 0 Å². The summed E-state index contributed by atoms with van der Waals surface area (Å²) in [5.74, 6) is 0.205. The van der Waals surface area contributed by atoms with Crippen LogP contribution >= 0.6 is 11.8 Å². The molecule has 1 aromatic carbocycles. The summed E-state index contributed by atoms with van der Waals surface area (Å²) in [6.07, 6.45) is 0.894. The maximum Gasteiger partial charge on any atom is 0.329 e. The molecular formula is C13H19NO3S. The van der Waals surface area contributed by atoms with E-state index in [0.29, 0.717) is 17.9 Å². The van der Waals surface area contributed by atoms with Gasteiger partial charge in [0.1, 0.15) is 5.54 Å². The highest BCUT2D eigenvalue weighted by Crippen LogP contribution is 2.23. The Hall–Kier alpha value is -1.04. The van der Waals surface area contributed by atoms with E-state index in [9.17, 15) is 9.90 Å². The van der Waals surface area contributed by atoms with Crippen molar-refractivity contribution in [1.82, 2.24) is 0 Å². The Labute approximate surface area is 112 Å². The van der Waals surface area contributed by atoms with Gasteiger partial charge in [0.05, 0.1) is 0 Å². The molecule has 0 saturated heterocycles. The molecule has 0 aliphatic heterocycles. The zero-order valence-corrected chi connectivity index (χ0v) is 11.3. The Morgan fingerprint density at radius 1 is 1.44 bits per heavy atom. The van der Waals surface area contributed by atoms with Gasteiger partial charge < -0.3 is 15.6 Å². The predicted molar refractivity (Wildman–Crippen MR) is 73.8 cm³/mol. The average Bonchev–Trinajstić information content (AvgIpc) is 2.39. The second-order valence-corrected chi connectivity index (χ2v) is 5.15. The molecule has 0 heterocycles. The van der Waals surface area contributed by atoms with E-state index in [1.54, 1.807) is 31.4 Å². The zero-order valence-electron chi connectivity index (χ0n) is 10.5. The predicted octanol–water partition coefficient (Wildman–Crippen LogP) is 1.69. The van der Waals surface area contributed by atoms with Gasteiger partial charge in [0.2, 0.25) is 0 Å². The van der Waals surface area contributed by atoms with Crippen LogP contribution in [0.4, 0.5) is 0 Å². The van der Waals surface area contributed by atoms with Crippen molar-refractivity contribution in [2.45, 2.75) is 12.0 Å². The number of aliphatic carboxylic acids is 1. The van der Waals surface area contributed by atoms with Gasteiger partial charge in [0.15, 0.2) is 0 Å². The summed E-state index contributed by atoms with van der Waals surface area (Å²) in [6, 6.07) is 8.95. The van der Waals surface area contributed by atoms with E-state index in [1.165, 1.54) is 11.8 Å². The number of carbonyl (C=O) groups is 1. The fraction of sp³-hybridized carbons (Fsp3) is 0.462. The van der Waals surface area contributed by atoms with Gasteiger partial charge in [-0.1, -0.05) is 30.3 Å². The molecule has 1 unspecified atom stereocenters. The van der Waals surface area contributed by atoms with Crippen LogP contribution in [0, 0.1) is 0 Å². The Morgan fingerprint density at radius 2 is 2.11 bits per heavy atom. The lowest BCUT2D eigenvalue weighted by Crippen LogP contribution is -2.47. The van der Waals surface area contributed by atoms with Crippen molar-refractivity contribution in [1.29, 1.82) is 0 Å². The third-order valence-corrected chi connectivity index (χ3v) is 3.87. The average molecular weight is 269 g/mol. The molecule has 0 spiro atoms. The van der Waals surface area contributed by atoms with Crippen LogP contribution in [0.1, 0.15) is 12.0 Å². The van der Waals surface area contributed by atoms with Crippen molar-refractivity contribution in [3.8, 4) is 0 Å². The first-order valence-corrected chi connectivity index (χ1v) is 6.91. The highest BCUT2D eigenvalue weighted by atomic mass is 32.2. The minimum Gasteiger partial charge on any atom is -0.480 e. The maximum absolute atomic E-state index is 11.4. The number of hydrogen-bond donors (Lipinski definition) is 2. The minimum absolute atomic E-state index is 0.357. The van der Waals surface area contributed by atoms with Crippen molar-refractivity contribution in [3.05, 3.63) is 35.9 Å². The molecule has 0 bridgehead atoms. The second kappa shape index (κ2) is 7.41. The van der Waals surface area contributed by atoms with E-state index in [-0.39, 0.29) is 0 Å². The van der Waals surface area contributed by atoms with Gasteiger partial charge in [-0.3, -0.25) is 0 Å². The molecule has 3 N–H and O–H groups in total. The van der Waals surface area contributed by atoms with Gasteiger partial charge >= 0.3 is 5.97 Å². The normalized spacial score (nSPS) is 14.1. The van der Waals surface area contributed by atoms with E-state index in [4.69, 9.17) is 10.5 Å². The zero-order chi connectivity index (χ0) is 13.4. The Morgan fingerprint density at radius 3 is 2.67 bits per heavy atom. The highest BCUT2D eigenvalue weighted by molar-refractivity contribution is 7.99. The van der Waals surface area contributed by atoms with E-state index in [1.807, 2.05) is 6.07 Å². The van der Waals surface area contributed by atoms with Crippen molar-refractivity contribution < 1.29 is 14.6 Å². The van der Waals surface area contributed by atoms with E-state index < -0.39 is 11.5 Å². The van der Waals surface area contributed by atoms with Crippen LogP contribution in [0.2, 0.25) is 0 Å². The lowest BCUT2D eigenvalue weighted by atomic mass is 9.93. The molecule has 4 nitrogen and oxygen atoms in total. The van der Waals surface area contributed by atoms with Gasteiger partial charge in [0, 0.05) is 19.5 Å². The molecule has 0 aromatic heterocycles. The van der Waals surface area contributed by atoms with E-state index in [0.717, 1.165) is 12.2 Å². The van der Waals surface area contributed by atoms with Crippen molar-refractivity contribution in [2.24, 2.45) is 5.73 Å². The second-order valence-electron chi connectivity index (χ2n) is 4.04. The smallest absolute Gasteiger partial charge is 0.329 e. The molecule has 0 fully saturated rings. The van der Waals surface area contributed by atoms with E-state index in [2.05, 4.69) is 0 Å². The lowest BCUT2D eigenvalue weighted by Gasteiger charge is -2.24. The molecule has 100 valence electrons. The Balaban J connectivity index is 2.62. The van der Waals surface area contributed by atoms with Crippen LogP contribution in [-0.4, -0.2) is 36.3 Å². The summed E-state index contributed by atoms with van der Waals surface area (Å²) < 4.78 is 4.95. The Kier molecular flexibility index (Phi) is 6.18. The fourth-order valence-corrected chi connectivity index (χ4v) is 2.62. The van der Waals surface area contributed by atoms with Gasteiger partial charge in [-0.05, 0) is 17.7 Å². The number of hydrogen-bond acceptors (Lipinski definition) is 4. The molecule has 18 heavy (non-hydrogen) atoms. The summed E-state index contributed by atoms with van der Waals surface area (Å²) in [4.78, 5) is 11.4. The quantitative estimate of drug-likeness (QED) is 0.703. The molecule has 5 heteroatoms. The highest BCUT2D eigenvalue weighted by Gasteiger charge is 2.35. The van der Waals surface area contributed by atoms with Crippen molar-refractivity contribution in [3.63, 3.8) is 0 Å². The minimum atomic E-state index is -1.32. The molecule has 0 aliphatic carbocycles. The standard InChI is InChI=1S/C13H19NO3S/c1-17-8-5-9-18-10-13(14,12(15)16)11-6-3-2-4-7-11/h2-4,6-7H,5,8-10,14H2,1H3,(H,15,16). The summed E-state index contributed by atoms with van der Waals surface area (Å²) in [5, 5.41) is 9.33. The lowest BCUT2D eigenvalue weighted by molar-refractivity contribution is -0.142. The van der Waals surface area contributed by atoms with Crippen LogP contribution in [0.15, 0.2) is 30.3 Å². The number of methoxy groups -OCH3 is 1.